The Balaban J connectivity index is 2.09. The van der Waals surface area contributed by atoms with Crippen molar-refractivity contribution in [3.05, 3.63) is 53.1 Å². The molecular weight excluding hydrogens is 288 g/mol. The highest BCUT2D eigenvalue weighted by Crippen LogP contribution is 2.24. The lowest BCUT2D eigenvalue weighted by Crippen LogP contribution is -2.20. The van der Waals surface area contributed by atoms with Crippen LogP contribution >= 0.6 is 11.6 Å². The van der Waals surface area contributed by atoms with Gasteiger partial charge in [0, 0.05) is 11.8 Å². The van der Waals surface area contributed by atoms with Crippen molar-refractivity contribution < 1.29 is 13.6 Å². The Morgan fingerprint density at radius 1 is 1.05 bits per heavy atom. The van der Waals surface area contributed by atoms with E-state index in [0.29, 0.717) is 17.4 Å². The van der Waals surface area contributed by atoms with Gasteiger partial charge in [0.05, 0.1) is 16.4 Å². The molecule has 0 spiro atoms. The average molecular weight is 298 g/mol. The second kappa shape index (κ2) is 5.75. The summed E-state index contributed by atoms with van der Waals surface area (Å²) in [5.74, 6) is -1.60. The molecule has 2 aromatic carbocycles. The van der Waals surface area contributed by atoms with Gasteiger partial charge in [0.2, 0.25) is 0 Å². The van der Waals surface area contributed by atoms with E-state index < -0.39 is 17.7 Å². The Morgan fingerprint density at radius 3 is 2.35 bits per heavy atom. The van der Waals surface area contributed by atoms with Crippen LogP contribution < -0.4 is 16.4 Å². The molecule has 4 N–H and O–H groups in total. The maximum atomic E-state index is 13.4. The van der Waals surface area contributed by atoms with Crippen molar-refractivity contribution in [2.75, 3.05) is 16.4 Å². The molecule has 0 heterocycles. The van der Waals surface area contributed by atoms with E-state index in [4.69, 9.17) is 17.3 Å². The normalized spacial score (nSPS) is 10.2. The fourth-order valence-corrected chi connectivity index (χ4v) is 1.74. The summed E-state index contributed by atoms with van der Waals surface area (Å²) in [4.78, 5) is 11.7. The number of hydrogen-bond donors (Lipinski definition) is 3. The predicted molar refractivity (Wildman–Crippen MR) is 74.9 cm³/mol. The number of hydrogen-bond acceptors (Lipinski definition) is 2. The Bertz CT molecular complexity index is 609. The first kappa shape index (κ1) is 14.1. The van der Waals surface area contributed by atoms with Gasteiger partial charge >= 0.3 is 6.03 Å². The Kier molecular flexibility index (Phi) is 4.05. The molecule has 2 aromatic rings. The Labute approximate surface area is 118 Å². The molecule has 2 rings (SSSR count). The highest BCUT2D eigenvalue weighted by Gasteiger charge is 2.09. The third-order valence-electron chi connectivity index (χ3n) is 2.42. The monoisotopic (exact) mass is 297 g/mol. The number of urea groups is 1. The average Bonchev–Trinajstić information content (AvgIpc) is 2.36. The van der Waals surface area contributed by atoms with E-state index >= 15 is 0 Å². The number of carbonyl (C=O) groups excluding carboxylic acids is 1. The molecule has 0 atom stereocenters. The van der Waals surface area contributed by atoms with Crippen LogP contribution in [0, 0.1) is 11.6 Å². The van der Waals surface area contributed by atoms with Crippen LogP contribution in [-0.4, -0.2) is 6.03 Å². The molecule has 0 saturated carbocycles. The van der Waals surface area contributed by atoms with E-state index in [1.807, 2.05) is 0 Å². The lowest BCUT2D eigenvalue weighted by molar-refractivity contribution is 0.262. The van der Waals surface area contributed by atoms with Crippen molar-refractivity contribution in [1.82, 2.24) is 0 Å². The SMILES string of the molecule is Nc1ccc(NC(=O)Nc2ccc(F)cc2F)c(Cl)c1. The van der Waals surface area contributed by atoms with Gasteiger partial charge in [-0.05, 0) is 30.3 Å². The van der Waals surface area contributed by atoms with Crippen LogP contribution in [0.5, 0.6) is 0 Å². The molecule has 0 saturated heterocycles. The van der Waals surface area contributed by atoms with Gasteiger partial charge in [0.25, 0.3) is 0 Å². The summed E-state index contributed by atoms with van der Waals surface area (Å²) in [7, 11) is 0. The summed E-state index contributed by atoms with van der Waals surface area (Å²) in [6.45, 7) is 0. The van der Waals surface area contributed by atoms with Gasteiger partial charge in [-0.25, -0.2) is 13.6 Å². The van der Waals surface area contributed by atoms with E-state index in [1.54, 1.807) is 6.07 Å². The van der Waals surface area contributed by atoms with Crippen molar-refractivity contribution in [3.63, 3.8) is 0 Å². The summed E-state index contributed by atoms with van der Waals surface area (Å²) in [5.41, 5.74) is 6.14. The third-order valence-corrected chi connectivity index (χ3v) is 2.73. The van der Waals surface area contributed by atoms with Crippen molar-refractivity contribution in [2.24, 2.45) is 0 Å². The van der Waals surface area contributed by atoms with Gasteiger partial charge in [0.15, 0.2) is 0 Å². The fourth-order valence-electron chi connectivity index (χ4n) is 1.50. The highest BCUT2D eigenvalue weighted by atomic mass is 35.5. The second-order valence-corrected chi connectivity index (χ2v) is 4.35. The van der Waals surface area contributed by atoms with Crippen LogP contribution in [0.25, 0.3) is 0 Å². The topological polar surface area (TPSA) is 67.1 Å². The number of nitrogen functional groups attached to an aromatic ring is 1. The van der Waals surface area contributed by atoms with E-state index in [-0.39, 0.29) is 10.7 Å². The van der Waals surface area contributed by atoms with Crippen LogP contribution in [0.1, 0.15) is 0 Å². The van der Waals surface area contributed by atoms with Crippen LogP contribution in [-0.2, 0) is 0 Å². The number of nitrogens with two attached hydrogens (primary N) is 1. The fraction of sp³-hybridized carbons (Fsp3) is 0. The number of carbonyl (C=O) groups is 1. The van der Waals surface area contributed by atoms with Gasteiger partial charge < -0.3 is 16.4 Å². The molecule has 0 aliphatic rings. The van der Waals surface area contributed by atoms with Gasteiger partial charge in [-0.2, -0.15) is 0 Å². The molecule has 20 heavy (non-hydrogen) atoms. The molecule has 0 bridgehead atoms. The Hall–Kier alpha value is -2.34. The molecule has 0 aliphatic carbocycles. The summed E-state index contributed by atoms with van der Waals surface area (Å²) < 4.78 is 26.1. The highest BCUT2D eigenvalue weighted by molar-refractivity contribution is 6.34. The number of nitrogens with one attached hydrogen (secondary N) is 2. The second-order valence-electron chi connectivity index (χ2n) is 3.94. The Morgan fingerprint density at radius 2 is 1.70 bits per heavy atom. The van der Waals surface area contributed by atoms with Gasteiger partial charge in [-0.15, -0.1) is 0 Å². The molecule has 0 radical (unpaired) electrons. The van der Waals surface area contributed by atoms with Crippen LogP contribution in [0.3, 0.4) is 0 Å². The summed E-state index contributed by atoms with van der Waals surface area (Å²) in [6.07, 6.45) is 0. The van der Waals surface area contributed by atoms with Gasteiger partial charge in [-0.3, -0.25) is 0 Å². The number of rotatable bonds is 2. The zero-order valence-corrected chi connectivity index (χ0v) is 10.8. The zero-order chi connectivity index (χ0) is 14.7. The maximum Gasteiger partial charge on any atom is 0.323 e. The number of benzene rings is 2. The molecule has 7 heteroatoms. The molecular formula is C13H10ClF2N3O. The minimum atomic E-state index is -0.872. The smallest absolute Gasteiger partial charge is 0.323 e. The van der Waals surface area contributed by atoms with E-state index in [1.165, 1.54) is 12.1 Å². The van der Waals surface area contributed by atoms with Crippen molar-refractivity contribution in [3.8, 4) is 0 Å². The first-order chi connectivity index (χ1) is 9.45. The quantitative estimate of drug-likeness (QED) is 0.737. The minimum Gasteiger partial charge on any atom is -0.399 e. The van der Waals surface area contributed by atoms with Crippen molar-refractivity contribution in [1.29, 1.82) is 0 Å². The van der Waals surface area contributed by atoms with E-state index in [0.717, 1.165) is 12.1 Å². The molecule has 0 aromatic heterocycles. The van der Waals surface area contributed by atoms with Crippen LogP contribution in [0.4, 0.5) is 30.6 Å². The molecule has 4 nitrogen and oxygen atoms in total. The lowest BCUT2D eigenvalue weighted by atomic mass is 10.3. The zero-order valence-electron chi connectivity index (χ0n) is 10.1. The van der Waals surface area contributed by atoms with E-state index in [2.05, 4.69) is 10.6 Å². The number of halogens is 3. The van der Waals surface area contributed by atoms with Crippen LogP contribution in [0.2, 0.25) is 5.02 Å². The van der Waals surface area contributed by atoms with Gasteiger partial charge in [0.1, 0.15) is 11.6 Å². The van der Waals surface area contributed by atoms with Crippen molar-refractivity contribution >= 4 is 34.7 Å². The lowest BCUT2D eigenvalue weighted by Gasteiger charge is -2.10. The standard InChI is InChI=1S/C13H10ClF2N3O/c14-9-6-8(17)2-4-11(9)18-13(20)19-12-3-1-7(15)5-10(12)16/h1-6H,17H2,(H2,18,19,20). The first-order valence-electron chi connectivity index (χ1n) is 5.54. The summed E-state index contributed by atoms with van der Waals surface area (Å²) >= 11 is 5.88. The summed E-state index contributed by atoms with van der Waals surface area (Å²) in [6, 6.07) is 6.66. The van der Waals surface area contributed by atoms with Crippen LogP contribution in [0.15, 0.2) is 36.4 Å². The van der Waals surface area contributed by atoms with Crippen molar-refractivity contribution in [2.45, 2.75) is 0 Å². The number of amides is 2. The molecule has 104 valence electrons. The maximum absolute atomic E-state index is 13.4. The number of anilines is 3. The predicted octanol–water partition coefficient (Wildman–Crippen LogP) is 3.84. The molecule has 0 aliphatic heterocycles. The third kappa shape index (κ3) is 3.36. The molecule has 0 unspecified atom stereocenters. The molecule has 2 amide bonds. The minimum absolute atomic E-state index is 0.143. The summed E-state index contributed by atoms with van der Waals surface area (Å²) in [5, 5.41) is 4.93. The largest absolute Gasteiger partial charge is 0.399 e. The van der Waals surface area contributed by atoms with Gasteiger partial charge in [-0.1, -0.05) is 11.6 Å². The first-order valence-corrected chi connectivity index (χ1v) is 5.91. The molecule has 0 fully saturated rings. The van der Waals surface area contributed by atoms with E-state index in [9.17, 15) is 13.6 Å².